The van der Waals surface area contributed by atoms with Gasteiger partial charge in [-0.2, -0.15) is 0 Å². The molecule has 1 aromatic carbocycles. The lowest BCUT2D eigenvalue weighted by Gasteiger charge is -2.01. The fraction of sp³-hybridized carbons (Fsp3) is 0.182. The van der Waals surface area contributed by atoms with Crippen LogP contribution in [0.2, 0.25) is 0 Å². The van der Waals surface area contributed by atoms with Crippen molar-refractivity contribution in [3.8, 4) is 0 Å². The molecule has 0 aromatic heterocycles. The van der Waals surface area contributed by atoms with Gasteiger partial charge in [-0.3, -0.25) is 0 Å². The van der Waals surface area contributed by atoms with Crippen molar-refractivity contribution in [2.24, 2.45) is 0 Å². The van der Waals surface area contributed by atoms with E-state index in [2.05, 4.69) is 36.5 Å². The number of nitrogens with one attached hydrogen (secondary N) is 1. The van der Waals surface area contributed by atoms with E-state index in [9.17, 15) is 0 Å². The van der Waals surface area contributed by atoms with Gasteiger partial charge in [-0.05, 0) is 12.5 Å². The lowest BCUT2D eigenvalue weighted by Crippen LogP contribution is -1.96. The van der Waals surface area contributed by atoms with Gasteiger partial charge in [0, 0.05) is 24.2 Å². The van der Waals surface area contributed by atoms with Crippen LogP contribution in [0.3, 0.4) is 0 Å². The lowest BCUT2D eigenvalue weighted by molar-refractivity contribution is 1.11. The van der Waals surface area contributed by atoms with Crippen LogP contribution in [-0.4, -0.2) is 12.4 Å². The number of thiocarbonyl (C=S) groups is 1. The third-order valence-corrected chi connectivity index (χ3v) is 2.07. The van der Waals surface area contributed by atoms with Crippen LogP contribution in [0.25, 0.3) is 5.57 Å². The molecule has 2 heteroatoms. The average Bonchev–Trinajstić information content (AvgIpc) is 2.16. The van der Waals surface area contributed by atoms with Gasteiger partial charge in [0.25, 0.3) is 0 Å². The molecule has 0 aliphatic carbocycles. The summed E-state index contributed by atoms with van der Waals surface area (Å²) in [5.74, 6) is 0. The number of benzene rings is 1. The zero-order valence-electron chi connectivity index (χ0n) is 7.87. The van der Waals surface area contributed by atoms with Crippen molar-refractivity contribution in [1.82, 2.24) is 5.32 Å². The molecule has 0 spiro atoms. The first kappa shape index (κ1) is 9.93. The second-order valence-corrected chi connectivity index (χ2v) is 3.11. The number of aryl methyl sites for hydroxylation is 1. The molecule has 0 amide bonds. The molecular formula is C11H13NS. The van der Waals surface area contributed by atoms with E-state index in [0.29, 0.717) is 0 Å². The highest BCUT2D eigenvalue weighted by atomic mass is 32.1. The summed E-state index contributed by atoms with van der Waals surface area (Å²) in [6.07, 6.45) is 1.90. The van der Waals surface area contributed by atoms with E-state index >= 15 is 0 Å². The summed E-state index contributed by atoms with van der Waals surface area (Å²) in [4.78, 5) is 0. The molecule has 1 aromatic rings. The third kappa shape index (κ3) is 2.67. The summed E-state index contributed by atoms with van der Waals surface area (Å²) >= 11 is 4.92. The highest BCUT2D eigenvalue weighted by Crippen LogP contribution is 2.12. The van der Waals surface area contributed by atoms with E-state index in [4.69, 9.17) is 12.2 Å². The summed E-state index contributed by atoms with van der Waals surface area (Å²) in [6.45, 7) is 2.07. The number of allylic oxidation sites excluding steroid dienone is 1. The maximum absolute atomic E-state index is 4.92. The molecule has 68 valence electrons. The first-order chi connectivity index (χ1) is 6.27. The summed E-state index contributed by atoms with van der Waals surface area (Å²) < 4.78 is 0. The van der Waals surface area contributed by atoms with Crippen LogP contribution >= 0.6 is 12.2 Å². The third-order valence-electron chi connectivity index (χ3n) is 1.81. The van der Waals surface area contributed by atoms with E-state index in [1.54, 1.807) is 5.37 Å². The van der Waals surface area contributed by atoms with Crippen molar-refractivity contribution < 1.29 is 0 Å². The smallest absolute Gasteiger partial charge is 0.0107 e. The minimum atomic E-state index is 1.04. The standard InChI is InChI=1S/C11H13NS/c1-9-3-5-10(6-4-9)11(8-13)7-12-2/h3-8,12H,1-2H3. The van der Waals surface area contributed by atoms with Gasteiger partial charge in [0.05, 0.1) is 0 Å². The highest BCUT2D eigenvalue weighted by Gasteiger charge is 1.95. The van der Waals surface area contributed by atoms with Crippen molar-refractivity contribution in [2.75, 3.05) is 7.05 Å². The minimum absolute atomic E-state index is 1.04. The van der Waals surface area contributed by atoms with Crippen molar-refractivity contribution >= 4 is 23.2 Å². The maximum Gasteiger partial charge on any atom is 0.0107 e. The Bertz CT molecular complexity index is 311. The molecule has 0 fully saturated rings. The zero-order chi connectivity index (χ0) is 9.68. The first-order valence-corrected chi connectivity index (χ1v) is 4.64. The SMILES string of the molecule is CNC=C(C=S)c1ccc(C)cc1. The summed E-state index contributed by atoms with van der Waals surface area (Å²) in [5, 5.41) is 4.65. The van der Waals surface area contributed by atoms with Crippen molar-refractivity contribution in [3.63, 3.8) is 0 Å². The molecule has 1 rings (SSSR count). The number of hydrogen-bond donors (Lipinski definition) is 1. The van der Waals surface area contributed by atoms with Gasteiger partial charge in [-0.25, -0.2) is 0 Å². The predicted molar refractivity (Wildman–Crippen MR) is 61.9 cm³/mol. The van der Waals surface area contributed by atoms with Crippen LogP contribution < -0.4 is 5.32 Å². The number of rotatable bonds is 3. The van der Waals surface area contributed by atoms with Crippen molar-refractivity contribution in [2.45, 2.75) is 6.92 Å². The Hall–Kier alpha value is -1.15. The predicted octanol–water partition coefficient (Wildman–Crippen LogP) is 2.56. The van der Waals surface area contributed by atoms with E-state index in [1.807, 2.05) is 13.2 Å². The molecule has 0 heterocycles. The molecule has 0 atom stereocenters. The van der Waals surface area contributed by atoms with E-state index in [1.165, 1.54) is 5.56 Å². The Morgan fingerprint density at radius 1 is 1.31 bits per heavy atom. The molecule has 0 saturated heterocycles. The molecule has 0 aliphatic heterocycles. The van der Waals surface area contributed by atoms with Gasteiger partial charge in [0.1, 0.15) is 0 Å². The Labute approximate surface area is 84.5 Å². The fourth-order valence-corrected chi connectivity index (χ4v) is 1.29. The van der Waals surface area contributed by atoms with Gasteiger partial charge >= 0.3 is 0 Å². The van der Waals surface area contributed by atoms with Gasteiger partial charge in [-0.15, -0.1) is 0 Å². The van der Waals surface area contributed by atoms with Gasteiger partial charge in [-0.1, -0.05) is 42.0 Å². The second-order valence-electron chi connectivity index (χ2n) is 2.87. The van der Waals surface area contributed by atoms with Crippen LogP contribution in [-0.2, 0) is 0 Å². The van der Waals surface area contributed by atoms with Crippen LogP contribution in [0.4, 0.5) is 0 Å². The van der Waals surface area contributed by atoms with Crippen LogP contribution in [0.15, 0.2) is 30.5 Å². The normalized spacial score (nSPS) is 11.1. The Kier molecular flexibility index (Phi) is 3.65. The quantitative estimate of drug-likeness (QED) is 0.582. The Morgan fingerprint density at radius 2 is 1.92 bits per heavy atom. The molecule has 13 heavy (non-hydrogen) atoms. The molecule has 0 saturated carbocycles. The minimum Gasteiger partial charge on any atom is -0.393 e. The molecule has 0 aliphatic rings. The largest absolute Gasteiger partial charge is 0.393 e. The molecule has 0 radical (unpaired) electrons. The summed E-state index contributed by atoms with van der Waals surface area (Å²) in [6, 6.07) is 8.30. The molecule has 1 N–H and O–H groups in total. The van der Waals surface area contributed by atoms with Gasteiger partial charge in [0.2, 0.25) is 0 Å². The Morgan fingerprint density at radius 3 is 2.38 bits per heavy atom. The molecular weight excluding hydrogens is 178 g/mol. The van der Waals surface area contributed by atoms with Crippen LogP contribution in [0, 0.1) is 6.92 Å². The fourth-order valence-electron chi connectivity index (χ4n) is 1.09. The molecule has 0 unspecified atom stereocenters. The first-order valence-electron chi connectivity index (χ1n) is 4.17. The van der Waals surface area contributed by atoms with E-state index in [-0.39, 0.29) is 0 Å². The summed E-state index contributed by atoms with van der Waals surface area (Å²) in [7, 11) is 1.87. The zero-order valence-corrected chi connectivity index (χ0v) is 8.69. The van der Waals surface area contributed by atoms with Crippen molar-refractivity contribution in [1.29, 1.82) is 0 Å². The van der Waals surface area contributed by atoms with E-state index in [0.717, 1.165) is 11.1 Å². The average molecular weight is 191 g/mol. The lowest BCUT2D eigenvalue weighted by atomic mass is 10.1. The van der Waals surface area contributed by atoms with Gasteiger partial charge in [0.15, 0.2) is 0 Å². The highest BCUT2D eigenvalue weighted by molar-refractivity contribution is 7.79. The summed E-state index contributed by atoms with van der Waals surface area (Å²) in [5.41, 5.74) is 3.45. The molecule has 0 bridgehead atoms. The topological polar surface area (TPSA) is 12.0 Å². The van der Waals surface area contributed by atoms with Crippen molar-refractivity contribution in [3.05, 3.63) is 41.6 Å². The Balaban J connectivity index is 2.99. The second kappa shape index (κ2) is 4.77. The number of hydrogen-bond acceptors (Lipinski definition) is 2. The maximum atomic E-state index is 4.92. The van der Waals surface area contributed by atoms with Crippen LogP contribution in [0.5, 0.6) is 0 Å². The van der Waals surface area contributed by atoms with Crippen LogP contribution in [0.1, 0.15) is 11.1 Å². The monoisotopic (exact) mass is 191 g/mol. The van der Waals surface area contributed by atoms with E-state index < -0.39 is 0 Å². The van der Waals surface area contributed by atoms with Gasteiger partial charge < -0.3 is 5.32 Å². The molecule has 1 nitrogen and oxygen atoms in total.